The molecule has 0 unspecified atom stereocenters. The molecule has 0 saturated carbocycles. The third-order valence-electron chi connectivity index (χ3n) is 6.22. The zero-order valence-electron chi connectivity index (χ0n) is 18.8. The fourth-order valence-electron chi connectivity index (χ4n) is 4.43. The monoisotopic (exact) mass is 451 g/mol. The van der Waals surface area contributed by atoms with Crippen molar-refractivity contribution in [2.45, 2.75) is 0 Å². The number of rotatable bonds is 4. The molecule has 0 aliphatic carbocycles. The molecule has 170 valence electrons. The molecule has 1 saturated heterocycles. The van der Waals surface area contributed by atoms with Crippen molar-refractivity contribution in [3.63, 3.8) is 0 Å². The molecule has 0 atom stereocenters. The van der Waals surface area contributed by atoms with Crippen molar-refractivity contribution in [1.29, 1.82) is 0 Å². The molecule has 3 heterocycles. The summed E-state index contributed by atoms with van der Waals surface area (Å²) in [4.78, 5) is 9.57. The molecule has 1 aromatic heterocycles. The van der Waals surface area contributed by atoms with Crippen molar-refractivity contribution in [3.05, 3.63) is 78.9 Å². The Balaban J connectivity index is 1.24. The molecule has 7 heteroatoms. The fourth-order valence-corrected chi connectivity index (χ4v) is 4.43. The van der Waals surface area contributed by atoms with E-state index in [2.05, 4.69) is 44.3 Å². The summed E-state index contributed by atoms with van der Waals surface area (Å²) >= 11 is 0. The molecule has 34 heavy (non-hydrogen) atoms. The molecule has 0 spiro atoms. The van der Waals surface area contributed by atoms with E-state index in [4.69, 9.17) is 14.5 Å². The van der Waals surface area contributed by atoms with Crippen molar-refractivity contribution >= 4 is 11.6 Å². The van der Waals surface area contributed by atoms with Gasteiger partial charge in [0.15, 0.2) is 11.5 Å². The fraction of sp³-hybridized carbons (Fsp3) is 0.222. The first-order valence-electron chi connectivity index (χ1n) is 11.6. The van der Waals surface area contributed by atoms with Gasteiger partial charge in [-0.1, -0.05) is 60.7 Å². The largest absolute Gasteiger partial charge is 0.486 e. The van der Waals surface area contributed by atoms with Crippen LogP contribution in [-0.4, -0.2) is 54.6 Å². The molecule has 3 aromatic carbocycles. The summed E-state index contributed by atoms with van der Waals surface area (Å²) < 4.78 is 11.4. The summed E-state index contributed by atoms with van der Waals surface area (Å²) in [6.07, 6.45) is 0. The second-order valence-electron chi connectivity index (χ2n) is 8.34. The van der Waals surface area contributed by atoms with E-state index in [0.29, 0.717) is 19.2 Å². The van der Waals surface area contributed by atoms with E-state index in [0.717, 1.165) is 65.9 Å². The minimum atomic E-state index is 0.595. The van der Waals surface area contributed by atoms with Crippen LogP contribution in [0.4, 0.5) is 11.6 Å². The molecular formula is C27H25N5O2. The highest BCUT2D eigenvalue weighted by atomic mass is 16.6. The smallest absolute Gasteiger partial charge is 0.246 e. The summed E-state index contributed by atoms with van der Waals surface area (Å²) in [5.74, 6) is 2.31. The van der Waals surface area contributed by atoms with Gasteiger partial charge in [0.2, 0.25) is 5.95 Å². The number of nitrogens with zero attached hydrogens (tertiary/aromatic N) is 5. The highest BCUT2D eigenvalue weighted by Crippen LogP contribution is 2.35. The summed E-state index contributed by atoms with van der Waals surface area (Å²) in [6, 6.07) is 26.5. The summed E-state index contributed by atoms with van der Waals surface area (Å²) in [5.41, 5.74) is 4.84. The first-order valence-corrected chi connectivity index (χ1v) is 11.6. The molecule has 7 nitrogen and oxygen atoms in total. The Kier molecular flexibility index (Phi) is 5.43. The zero-order valence-corrected chi connectivity index (χ0v) is 18.8. The standard InChI is InChI=1S/C27H25N5O2/c1-3-7-20(8-4-1)25-26(21-9-5-2-6-10-21)29-30-27(28-25)32-15-13-31(14-16-32)22-11-12-23-24(19-22)34-18-17-33-23/h1-12,19H,13-18H2. The van der Waals surface area contributed by atoms with Gasteiger partial charge in [-0.25, -0.2) is 4.98 Å². The van der Waals surface area contributed by atoms with Crippen LogP contribution in [0.5, 0.6) is 11.5 Å². The molecule has 2 aliphatic rings. The second-order valence-corrected chi connectivity index (χ2v) is 8.34. The Bertz CT molecular complexity index is 1270. The number of piperazine rings is 1. The highest BCUT2D eigenvalue weighted by Gasteiger charge is 2.23. The molecule has 4 aromatic rings. The Morgan fingerprint density at radius 1 is 0.588 bits per heavy atom. The van der Waals surface area contributed by atoms with Crippen LogP contribution in [0.3, 0.4) is 0 Å². The Morgan fingerprint density at radius 3 is 1.91 bits per heavy atom. The summed E-state index contributed by atoms with van der Waals surface area (Å²) in [7, 11) is 0. The van der Waals surface area contributed by atoms with Gasteiger partial charge in [0.1, 0.15) is 24.6 Å². The van der Waals surface area contributed by atoms with Crippen LogP contribution in [0.2, 0.25) is 0 Å². The number of hydrogen-bond acceptors (Lipinski definition) is 7. The zero-order chi connectivity index (χ0) is 22.7. The van der Waals surface area contributed by atoms with Gasteiger partial charge in [-0.3, -0.25) is 0 Å². The second kappa shape index (κ2) is 9.02. The Labute approximate surface area is 198 Å². The van der Waals surface area contributed by atoms with Crippen LogP contribution >= 0.6 is 0 Å². The van der Waals surface area contributed by atoms with E-state index in [1.54, 1.807) is 0 Å². The predicted octanol–water partition coefficient (Wildman–Crippen LogP) is 4.30. The number of hydrogen-bond donors (Lipinski definition) is 0. The van der Waals surface area contributed by atoms with Gasteiger partial charge in [-0.15, -0.1) is 10.2 Å². The number of fused-ring (bicyclic) bond motifs is 1. The van der Waals surface area contributed by atoms with Crippen molar-refractivity contribution in [3.8, 4) is 34.0 Å². The molecule has 0 N–H and O–H groups in total. The maximum Gasteiger partial charge on any atom is 0.246 e. The number of anilines is 2. The van der Waals surface area contributed by atoms with Gasteiger partial charge in [-0.05, 0) is 12.1 Å². The number of ether oxygens (including phenoxy) is 2. The first kappa shape index (κ1) is 20.5. The third kappa shape index (κ3) is 4.01. The minimum absolute atomic E-state index is 0.595. The van der Waals surface area contributed by atoms with E-state index in [1.807, 2.05) is 54.6 Å². The average Bonchev–Trinajstić information content (AvgIpc) is 2.93. The average molecular weight is 452 g/mol. The topological polar surface area (TPSA) is 63.6 Å². The van der Waals surface area contributed by atoms with Crippen LogP contribution in [0, 0.1) is 0 Å². The van der Waals surface area contributed by atoms with E-state index >= 15 is 0 Å². The van der Waals surface area contributed by atoms with Crippen molar-refractivity contribution in [2.75, 3.05) is 49.2 Å². The van der Waals surface area contributed by atoms with Crippen LogP contribution < -0.4 is 19.3 Å². The van der Waals surface area contributed by atoms with Crippen LogP contribution in [0.25, 0.3) is 22.5 Å². The lowest BCUT2D eigenvalue weighted by Gasteiger charge is -2.36. The molecule has 2 aliphatic heterocycles. The van der Waals surface area contributed by atoms with Crippen molar-refractivity contribution < 1.29 is 9.47 Å². The van der Waals surface area contributed by atoms with Gasteiger partial charge >= 0.3 is 0 Å². The first-order chi connectivity index (χ1) is 16.8. The van der Waals surface area contributed by atoms with E-state index in [9.17, 15) is 0 Å². The molecule has 1 fully saturated rings. The Morgan fingerprint density at radius 2 is 1.21 bits per heavy atom. The van der Waals surface area contributed by atoms with E-state index in [-0.39, 0.29) is 0 Å². The number of aromatic nitrogens is 3. The predicted molar refractivity (Wildman–Crippen MR) is 133 cm³/mol. The Hall–Kier alpha value is -4.13. The van der Waals surface area contributed by atoms with Gasteiger partial charge in [0, 0.05) is 49.1 Å². The van der Waals surface area contributed by atoms with Gasteiger partial charge in [0.25, 0.3) is 0 Å². The maximum absolute atomic E-state index is 5.76. The maximum atomic E-state index is 5.76. The lowest BCUT2D eigenvalue weighted by atomic mass is 10.0. The summed E-state index contributed by atoms with van der Waals surface area (Å²) in [5, 5.41) is 9.16. The highest BCUT2D eigenvalue weighted by molar-refractivity contribution is 5.78. The lowest BCUT2D eigenvalue weighted by molar-refractivity contribution is 0.171. The van der Waals surface area contributed by atoms with Gasteiger partial charge in [0.05, 0.1) is 0 Å². The molecule has 0 amide bonds. The SMILES string of the molecule is c1ccc(-c2nnc(N3CCN(c4ccc5c(c4)OCCO5)CC3)nc2-c2ccccc2)cc1. The molecular weight excluding hydrogens is 426 g/mol. The molecule has 0 bridgehead atoms. The third-order valence-corrected chi connectivity index (χ3v) is 6.22. The molecule has 6 rings (SSSR count). The quantitative estimate of drug-likeness (QED) is 0.458. The normalized spacial score (nSPS) is 15.3. The van der Waals surface area contributed by atoms with E-state index < -0.39 is 0 Å². The van der Waals surface area contributed by atoms with Gasteiger partial charge < -0.3 is 19.3 Å². The van der Waals surface area contributed by atoms with Crippen LogP contribution in [0.1, 0.15) is 0 Å². The minimum Gasteiger partial charge on any atom is -0.486 e. The summed E-state index contributed by atoms with van der Waals surface area (Å²) in [6.45, 7) is 4.56. The lowest BCUT2D eigenvalue weighted by Crippen LogP contribution is -2.47. The van der Waals surface area contributed by atoms with Crippen LogP contribution in [0.15, 0.2) is 78.9 Å². The van der Waals surface area contributed by atoms with Crippen LogP contribution in [-0.2, 0) is 0 Å². The van der Waals surface area contributed by atoms with Crippen molar-refractivity contribution in [2.24, 2.45) is 0 Å². The molecule has 0 radical (unpaired) electrons. The van der Waals surface area contributed by atoms with Gasteiger partial charge in [-0.2, -0.15) is 0 Å². The number of benzene rings is 3. The van der Waals surface area contributed by atoms with Crippen molar-refractivity contribution in [1.82, 2.24) is 15.2 Å². The van der Waals surface area contributed by atoms with E-state index in [1.165, 1.54) is 0 Å².